The fourth-order valence-electron chi connectivity index (χ4n) is 0.923. The average molecular weight is 349 g/mol. The maximum absolute atomic E-state index is 12.4. The molecule has 1 rings (SSSR count). The van der Waals surface area contributed by atoms with Gasteiger partial charge in [0, 0.05) is 15.2 Å². The Balaban J connectivity index is 3.17. The number of aldehydes is 1. The lowest BCUT2D eigenvalue weighted by Crippen LogP contribution is -2.18. The number of carbonyl (C=O) groups excluding carboxylic acids is 1. The Morgan fingerprint density at radius 2 is 2.12 bits per heavy atom. The number of alkyl halides is 4. The molecule has 0 aliphatic carbocycles. The normalized spacial score (nSPS) is 11.3. The molecule has 0 radical (unpaired) electrons. The van der Waals surface area contributed by atoms with Crippen molar-refractivity contribution < 1.29 is 27.1 Å². The van der Waals surface area contributed by atoms with Crippen molar-refractivity contribution in [2.45, 2.75) is 13.0 Å². The van der Waals surface area contributed by atoms with Gasteiger partial charge in [-0.2, -0.15) is 0 Å². The van der Waals surface area contributed by atoms with Crippen LogP contribution in [0.4, 0.5) is 17.6 Å². The fourth-order valence-corrected chi connectivity index (χ4v) is 1.47. The number of hydrogen-bond acceptors (Lipinski definition) is 3. The summed E-state index contributed by atoms with van der Waals surface area (Å²) in [6, 6.07) is 0.808. The molecule has 0 aromatic carbocycles. The second-order valence-electron chi connectivity index (χ2n) is 2.62. The first-order valence-electron chi connectivity index (χ1n) is 3.83. The fraction of sp³-hybridized carbons (Fsp3) is 0.250. The first-order chi connectivity index (χ1) is 7.37. The summed E-state index contributed by atoms with van der Waals surface area (Å²) < 4.78 is 51.7. The van der Waals surface area contributed by atoms with E-state index in [0.717, 1.165) is 6.07 Å². The molecule has 88 valence electrons. The zero-order chi connectivity index (χ0) is 12.3. The van der Waals surface area contributed by atoms with Gasteiger partial charge in [0.2, 0.25) is 5.88 Å². The summed E-state index contributed by atoms with van der Waals surface area (Å²) in [5.74, 6) is -0.845. The molecule has 0 unspecified atom stereocenters. The van der Waals surface area contributed by atoms with Crippen LogP contribution < -0.4 is 4.74 Å². The van der Waals surface area contributed by atoms with E-state index in [1.54, 1.807) is 22.6 Å². The molecule has 8 heteroatoms. The Kier molecular flexibility index (Phi) is 4.05. The van der Waals surface area contributed by atoms with E-state index in [-0.39, 0.29) is 21.1 Å². The lowest BCUT2D eigenvalue weighted by molar-refractivity contribution is -0.276. The quantitative estimate of drug-likeness (QED) is 0.479. The molecule has 1 aromatic heterocycles. The van der Waals surface area contributed by atoms with Crippen LogP contribution in [0.1, 0.15) is 16.1 Å². The summed E-state index contributed by atoms with van der Waals surface area (Å²) in [4.78, 5) is 13.8. The summed E-state index contributed by atoms with van der Waals surface area (Å²) in [7, 11) is 0. The first-order valence-corrected chi connectivity index (χ1v) is 4.91. The highest BCUT2D eigenvalue weighted by Crippen LogP contribution is 2.25. The Morgan fingerprint density at radius 1 is 1.50 bits per heavy atom. The van der Waals surface area contributed by atoms with Crippen molar-refractivity contribution in [2.24, 2.45) is 0 Å². The molecule has 0 aliphatic heterocycles. The van der Waals surface area contributed by atoms with Gasteiger partial charge in [0.25, 0.3) is 0 Å². The first kappa shape index (κ1) is 13.1. The standard InChI is InChI=1S/C8H4F4INO2/c9-2-4-1-6(16-8(10,11)12)14-5(3-15)7(4)13/h1,3H,2H2. The SMILES string of the molecule is O=Cc1nc(OC(F)(F)F)cc(CF)c1I. The van der Waals surface area contributed by atoms with Gasteiger partial charge < -0.3 is 4.74 Å². The number of pyridine rings is 1. The summed E-state index contributed by atoms with van der Waals surface area (Å²) in [5.41, 5.74) is -0.355. The highest BCUT2D eigenvalue weighted by Gasteiger charge is 2.32. The minimum Gasteiger partial charge on any atom is -0.388 e. The number of ether oxygens (including phenoxy) is 1. The summed E-state index contributed by atoms with van der Waals surface area (Å²) in [5, 5.41) is 0. The van der Waals surface area contributed by atoms with Crippen molar-refractivity contribution >= 4 is 28.9 Å². The summed E-state index contributed by atoms with van der Waals surface area (Å²) in [6.45, 7) is -1.00. The number of aromatic nitrogens is 1. The van der Waals surface area contributed by atoms with E-state index in [4.69, 9.17) is 0 Å². The minimum absolute atomic E-state index is 0.0723. The number of halogens is 5. The molecule has 1 heterocycles. The predicted molar refractivity (Wildman–Crippen MR) is 53.8 cm³/mol. The largest absolute Gasteiger partial charge is 0.574 e. The second-order valence-corrected chi connectivity index (χ2v) is 3.70. The Morgan fingerprint density at radius 3 is 2.56 bits per heavy atom. The molecule has 0 bridgehead atoms. The lowest BCUT2D eigenvalue weighted by atomic mass is 10.2. The van der Waals surface area contributed by atoms with Crippen molar-refractivity contribution in [3.8, 4) is 5.88 Å². The van der Waals surface area contributed by atoms with Gasteiger partial charge in [0.15, 0.2) is 6.29 Å². The molecule has 1 aromatic rings. The number of hydrogen-bond donors (Lipinski definition) is 0. The van der Waals surface area contributed by atoms with Gasteiger partial charge in [-0.25, -0.2) is 9.37 Å². The molecular formula is C8H4F4INO2. The van der Waals surface area contributed by atoms with Crippen LogP contribution in [-0.2, 0) is 6.67 Å². The van der Waals surface area contributed by atoms with Crippen molar-refractivity contribution in [2.75, 3.05) is 0 Å². The molecule has 0 fully saturated rings. The number of nitrogens with zero attached hydrogens (tertiary/aromatic N) is 1. The average Bonchev–Trinajstić information content (AvgIpc) is 2.18. The third-order valence-electron chi connectivity index (χ3n) is 1.51. The molecule has 0 N–H and O–H groups in total. The van der Waals surface area contributed by atoms with Crippen molar-refractivity contribution in [1.29, 1.82) is 0 Å². The molecule has 0 saturated heterocycles. The highest BCUT2D eigenvalue weighted by atomic mass is 127. The smallest absolute Gasteiger partial charge is 0.388 e. The highest BCUT2D eigenvalue weighted by molar-refractivity contribution is 14.1. The van der Waals surface area contributed by atoms with Gasteiger partial charge in [-0.1, -0.05) is 0 Å². The monoisotopic (exact) mass is 349 g/mol. The zero-order valence-corrected chi connectivity index (χ0v) is 9.67. The number of rotatable bonds is 3. The van der Waals surface area contributed by atoms with Gasteiger partial charge in [-0.05, 0) is 22.6 Å². The second kappa shape index (κ2) is 4.93. The van der Waals surface area contributed by atoms with Crippen LogP contribution in [0.25, 0.3) is 0 Å². The van der Waals surface area contributed by atoms with Crippen LogP contribution in [-0.4, -0.2) is 17.6 Å². The van der Waals surface area contributed by atoms with Crippen molar-refractivity contribution in [3.05, 3.63) is 20.9 Å². The van der Waals surface area contributed by atoms with Crippen LogP contribution in [0.3, 0.4) is 0 Å². The van der Waals surface area contributed by atoms with Gasteiger partial charge in [0.1, 0.15) is 12.4 Å². The molecule has 0 saturated carbocycles. The van der Waals surface area contributed by atoms with Crippen molar-refractivity contribution in [1.82, 2.24) is 4.98 Å². The molecule has 3 nitrogen and oxygen atoms in total. The molecule has 0 aliphatic rings. The maximum Gasteiger partial charge on any atom is 0.574 e. The molecule has 0 amide bonds. The van der Waals surface area contributed by atoms with Crippen molar-refractivity contribution in [3.63, 3.8) is 0 Å². The van der Waals surface area contributed by atoms with Gasteiger partial charge >= 0.3 is 6.36 Å². The van der Waals surface area contributed by atoms with E-state index in [1.165, 1.54) is 0 Å². The van der Waals surface area contributed by atoms with Crippen LogP contribution in [0.5, 0.6) is 5.88 Å². The van der Waals surface area contributed by atoms with Crippen LogP contribution in [0.15, 0.2) is 6.07 Å². The third kappa shape index (κ3) is 3.29. The lowest BCUT2D eigenvalue weighted by Gasteiger charge is -2.10. The van der Waals surface area contributed by atoms with Crippen LogP contribution in [0.2, 0.25) is 0 Å². The van der Waals surface area contributed by atoms with E-state index >= 15 is 0 Å². The zero-order valence-electron chi connectivity index (χ0n) is 7.52. The molecule has 0 atom stereocenters. The Bertz CT molecular complexity index is 408. The van der Waals surface area contributed by atoms with E-state index < -0.39 is 18.9 Å². The molecule has 0 spiro atoms. The van der Waals surface area contributed by atoms with E-state index in [1.807, 2.05) is 0 Å². The predicted octanol–water partition coefficient (Wildman–Crippen LogP) is 2.87. The van der Waals surface area contributed by atoms with E-state index in [2.05, 4.69) is 9.72 Å². The van der Waals surface area contributed by atoms with Gasteiger partial charge in [-0.3, -0.25) is 4.79 Å². The third-order valence-corrected chi connectivity index (χ3v) is 2.76. The van der Waals surface area contributed by atoms with Crippen LogP contribution >= 0.6 is 22.6 Å². The topological polar surface area (TPSA) is 39.2 Å². The molecular weight excluding hydrogens is 345 g/mol. The van der Waals surface area contributed by atoms with E-state index in [9.17, 15) is 22.4 Å². The summed E-state index contributed by atoms with van der Waals surface area (Å²) in [6.07, 6.45) is -4.68. The van der Waals surface area contributed by atoms with Gasteiger partial charge in [0.05, 0.1) is 0 Å². The minimum atomic E-state index is -4.92. The summed E-state index contributed by atoms with van der Waals surface area (Å²) >= 11 is 1.62. The Hall–Kier alpha value is -0.930. The van der Waals surface area contributed by atoms with Gasteiger partial charge in [-0.15, -0.1) is 13.2 Å². The maximum atomic E-state index is 12.4. The van der Waals surface area contributed by atoms with Crippen LogP contribution in [0, 0.1) is 3.57 Å². The molecule has 16 heavy (non-hydrogen) atoms. The Labute approximate surface area is 101 Å². The number of carbonyl (C=O) groups is 1. The van der Waals surface area contributed by atoms with E-state index in [0.29, 0.717) is 0 Å².